The number of aromatic nitrogens is 1. The van der Waals surface area contributed by atoms with E-state index in [1.807, 2.05) is 0 Å². The minimum Gasteiger partial charge on any atom is -0.508 e. The zero-order chi connectivity index (χ0) is 23.3. The zero-order valence-corrected chi connectivity index (χ0v) is 18.5. The van der Waals surface area contributed by atoms with E-state index in [4.69, 9.17) is 23.2 Å². The molecular weight excluding hydrogens is 477 g/mol. The van der Waals surface area contributed by atoms with E-state index in [2.05, 4.69) is 15.6 Å². The second-order valence-corrected chi connectivity index (χ2v) is 8.43. The number of phenolic OH excluding ortho intramolecular Hbond substituents is 1. The molecule has 32 heavy (non-hydrogen) atoms. The fourth-order valence-electron chi connectivity index (χ4n) is 2.61. The van der Waals surface area contributed by atoms with Crippen molar-refractivity contribution in [2.75, 3.05) is 0 Å². The lowest BCUT2D eigenvalue weighted by atomic mass is 10.1. The maximum atomic E-state index is 12.5. The van der Waals surface area contributed by atoms with Crippen molar-refractivity contribution in [1.29, 1.82) is 0 Å². The summed E-state index contributed by atoms with van der Waals surface area (Å²) in [4.78, 5) is 40.6. The monoisotopic (exact) mass is 491 g/mol. The molecule has 0 spiro atoms. The number of carboxylic acids is 1. The number of nitrogens with one attached hydrogen (secondary N) is 2. The summed E-state index contributed by atoms with van der Waals surface area (Å²) in [5.41, 5.74) is 0.515. The number of amides is 2. The number of carbonyl (C=O) groups is 3. The fourth-order valence-corrected chi connectivity index (χ4v) is 3.77. The van der Waals surface area contributed by atoms with Gasteiger partial charge in [0, 0.05) is 18.3 Å². The lowest BCUT2D eigenvalue weighted by Gasteiger charge is -2.10. The van der Waals surface area contributed by atoms with Gasteiger partial charge in [-0.2, -0.15) is 0 Å². The van der Waals surface area contributed by atoms with Gasteiger partial charge in [-0.05, 0) is 42.0 Å². The molecule has 4 N–H and O–H groups in total. The van der Waals surface area contributed by atoms with Crippen molar-refractivity contribution in [3.8, 4) is 5.75 Å². The number of rotatable bonds is 7. The van der Waals surface area contributed by atoms with Crippen molar-refractivity contribution in [1.82, 2.24) is 15.6 Å². The number of benzene rings is 2. The molecule has 0 fully saturated rings. The van der Waals surface area contributed by atoms with Crippen LogP contribution in [0.25, 0.3) is 6.08 Å². The van der Waals surface area contributed by atoms with Crippen LogP contribution in [0.5, 0.6) is 5.75 Å². The molecule has 0 saturated heterocycles. The van der Waals surface area contributed by atoms with Crippen molar-refractivity contribution in [2.45, 2.75) is 6.54 Å². The van der Waals surface area contributed by atoms with E-state index in [0.717, 1.165) is 11.3 Å². The Morgan fingerprint density at radius 2 is 1.88 bits per heavy atom. The summed E-state index contributed by atoms with van der Waals surface area (Å²) in [6.45, 7) is 0.182. The van der Waals surface area contributed by atoms with Crippen LogP contribution < -0.4 is 10.6 Å². The van der Waals surface area contributed by atoms with Crippen molar-refractivity contribution < 1.29 is 24.6 Å². The molecule has 0 aliphatic heterocycles. The number of thiazole rings is 1. The van der Waals surface area contributed by atoms with Crippen molar-refractivity contribution in [3.63, 3.8) is 0 Å². The minimum absolute atomic E-state index is 0.00862. The van der Waals surface area contributed by atoms with Gasteiger partial charge in [0.2, 0.25) is 0 Å². The third-order valence-corrected chi connectivity index (χ3v) is 5.47. The molecule has 3 aromatic rings. The Kier molecular flexibility index (Phi) is 7.47. The van der Waals surface area contributed by atoms with Gasteiger partial charge in [-0.15, -0.1) is 11.3 Å². The third-order valence-electron chi connectivity index (χ3n) is 4.10. The molecule has 1 aromatic heterocycles. The number of phenols is 1. The molecule has 2 amide bonds. The smallest absolute Gasteiger partial charge is 0.352 e. The predicted octanol–water partition coefficient (Wildman–Crippen LogP) is 3.94. The van der Waals surface area contributed by atoms with Crippen LogP contribution in [0.3, 0.4) is 0 Å². The molecule has 1 heterocycles. The third kappa shape index (κ3) is 6.07. The summed E-state index contributed by atoms with van der Waals surface area (Å²) < 4.78 is 0.230. The molecule has 8 nitrogen and oxygen atoms in total. The molecule has 0 atom stereocenters. The second-order valence-electron chi connectivity index (χ2n) is 6.38. The molecule has 0 radical (unpaired) electrons. The highest BCUT2D eigenvalue weighted by atomic mass is 35.5. The topological polar surface area (TPSA) is 129 Å². The SMILES string of the molecule is O=C(O)/C(=C\c1cnc(Cl)s1)NC(=O)c1ccc(C(=O)NCc2cccc(O)c2)cc1Cl. The Labute approximate surface area is 196 Å². The highest BCUT2D eigenvalue weighted by Crippen LogP contribution is 2.21. The number of nitrogens with zero attached hydrogens (tertiary/aromatic N) is 1. The highest BCUT2D eigenvalue weighted by Gasteiger charge is 2.18. The van der Waals surface area contributed by atoms with Gasteiger partial charge < -0.3 is 20.8 Å². The fraction of sp³-hybridized carbons (Fsp3) is 0.0476. The number of halogens is 2. The van der Waals surface area contributed by atoms with Crippen LogP contribution in [-0.2, 0) is 11.3 Å². The van der Waals surface area contributed by atoms with Gasteiger partial charge >= 0.3 is 5.97 Å². The van der Waals surface area contributed by atoms with Crippen LogP contribution in [0.15, 0.2) is 54.4 Å². The van der Waals surface area contributed by atoms with E-state index in [0.29, 0.717) is 10.4 Å². The quantitative estimate of drug-likeness (QED) is 0.370. The summed E-state index contributed by atoms with van der Waals surface area (Å²) in [5.74, 6) is -2.47. The maximum absolute atomic E-state index is 12.5. The summed E-state index contributed by atoms with van der Waals surface area (Å²) in [6, 6.07) is 10.5. The van der Waals surface area contributed by atoms with Gasteiger partial charge in [0.15, 0.2) is 4.47 Å². The highest BCUT2D eigenvalue weighted by molar-refractivity contribution is 7.16. The van der Waals surface area contributed by atoms with Crippen molar-refractivity contribution in [3.05, 3.63) is 85.4 Å². The van der Waals surface area contributed by atoms with Crippen LogP contribution in [0.1, 0.15) is 31.2 Å². The molecule has 0 aliphatic rings. The summed E-state index contributed by atoms with van der Waals surface area (Å²) >= 11 is 12.9. The minimum atomic E-state index is -1.36. The van der Waals surface area contributed by atoms with E-state index in [-0.39, 0.29) is 38.6 Å². The Bertz CT molecular complexity index is 1230. The average Bonchev–Trinajstić information content (AvgIpc) is 3.16. The summed E-state index contributed by atoms with van der Waals surface area (Å²) in [6.07, 6.45) is 2.60. The second kappa shape index (κ2) is 10.3. The van der Waals surface area contributed by atoms with E-state index < -0.39 is 17.8 Å². The molecule has 0 bridgehead atoms. The zero-order valence-electron chi connectivity index (χ0n) is 16.1. The summed E-state index contributed by atoms with van der Waals surface area (Å²) in [5, 5.41) is 23.8. The normalized spacial score (nSPS) is 11.1. The molecule has 0 unspecified atom stereocenters. The first kappa shape index (κ1) is 23.3. The Morgan fingerprint density at radius 3 is 2.50 bits per heavy atom. The van der Waals surface area contributed by atoms with Crippen LogP contribution in [0.2, 0.25) is 9.49 Å². The Balaban J connectivity index is 1.70. The number of aromatic hydroxyl groups is 1. The first-order valence-corrected chi connectivity index (χ1v) is 10.5. The first-order valence-electron chi connectivity index (χ1n) is 8.96. The van der Waals surface area contributed by atoms with E-state index in [9.17, 15) is 24.6 Å². The standard InChI is InChI=1S/C21H15Cl2N3O5S/c22-16-7-12(18(28)24-9-11-2-1-3-13(27)6-11)4-5-15(16)19(29)26-17(20(30)31)8-14-10-25-21(23)32-14/h1-8,10,27H,9H2,(H,24,28)(H,26,29)(H,30,31)/b17-8+. The van der Waals surface area contributed by atoms with E-state index in [1.54, 1.807) is 12.1 Å². The number of hydrogen-bond acceptors (Lipinski definition) is 6. The van der Waals surface area contributed by atoms with Crippen LogP contribution in [-0.4, -0.2) is 33.0 Å². The molecule has 164 valence electrons. The van der Waals surface area contributed by atoms with Crippen LogP contribution in [0, 0.1) is 0 Å². The molecular formula is C21H15Cl2N3O5S. The Hall–Kier alpha value is -3.40. The average molecular weight is 492 g/mol. The largest absolute Gasteiger partial charge is 0.508 e. The molecule has 11 heteroatoms. The number of carbonyl (C=O) groups excluding carboxylic acids is 2. The number of hydrogen-bond donors (Lipinski definition) is 4. The van der Waals surface area contributed by atoms with Crippen LogP contribution in [0.4, 0.5) is 0 Å². The molecule has 0 saturated carbocycles. The van der Waals surface area contributed by atoms with Gasteiger partial charge in [0.25, 0.3) is 11.8 Å². The maximum Gasteiger partial charge on any atom is 0.352 e. The van der Waals surface area contributed by atoms with Crippen molar-refractivity contribution >= 4 is 58.4 Å². The predicted molar refractivity (Wildman–Crippen MR) is 121 cm³/mol. The Morgan fingerprint density at radius 1 is 1.09 bits per heavy atom. The first-order chi connectivity index (χ1) is 15.2. The van der Waals surface area contributed by atoms with Gasteiger partial charge in [-0.3, -0.25) is 9.59 Å². The van der Waals surface area contributed by atoms with Gasteiger partial charge in [0.05, 0.1) is 15.5 Å². The van der Waals surface area contributed by atoms with Gasteiger partial charge in [0.1, 0.15) is 11.4 Å². The van der Waals surface area contributed by atoms with Crippen LogP contribution >= 0.6 is 34.5 Å². The molecule has 0 aliphatic carbocycles. The van der Waals surface area contributed by atoms with Gasteiger partial charge in [-0.25, -0.2) is 9.78 Å². The van der Waals surface area contributed by atoms with Crippen molar-refractivity contribution in [2.24, 2.45) is 0 Å². The molecule has 3 rings (SSSR count). The lowest BCUT2D eigenvalue weighted by molar-refractivity contribution is -0.132. The lowest BCUT2D eigenvalue weighted by Crippen LogP contribution is -2.28. The van der Waals surface area contributed by atoms with E-state index >= 15 is 0 Å². The van der Waals surface area contributed by atoms with Gasteiger partial charge in [-0.1, -0.05) is 35.3 Å². The summed E-state index contributed by atoms with van der Waals surface area (Å²) in [7, 11) is 0. The molecule has 2 aromatic carbocycles. The number of aliphatic carboxylic acids is 1. The van der Waals surface area contributed by atoms with E-state index in [1.165, 1.54) is 42.6 Å². The number of carboxylic acid groups (broad SMARTS) is 1.